The lowest BCUT2D eigenvalue weighted by molar-refractivity contribution is -0.132. The molecule has 0 saturated heterocycles. The second-order valence-corrected chi connectivity index (χ2v) is 6.59. The number of amides is 1. The van der Waals surface area contributed by atoms with E-state index >= 15 is 0 Å². The molecule has 2 aliphatic rings. The number of aryl methyl sites for hydroxylation is 1. The third kappa shape index (κ3) is 2.14. The van der Waals surface area contributed by atoms with Crippen LogP contribution in [0.1, 0.15) is 54.3 Å². The molecular formula is C19H22N2O3. The number of hydrogen-bond acceptors (Lipinski definition) is 3. The van der Waals surface area contributed by atoms with E-state index in [4.69, 9.17) is 4.74 Å². The van der Waals surface area contributed by atoms with Crippen LogP contribution in [0.4, 0.5) is 0 Å². The standard InChI is InChI=1S/C19H22N2O3/c1-3-24-19(23)13-7-8-16-15(11-13)14-5-4-6-17-18(14)21(16)10-9-20(17)12(2)22/h7-8,11,17H,3-6,9-10H2,1-2H3/t17-/m1/s1. The number of ether oxygens (including phenoxy) is 1. The molecule has 4 rings (SSSR count). The minimum absolute atomic E-state index is 0.150. The molecule has 0 spiro atoms. The predicted molar refractivity (Wildman–Crippen MR) is 91.0 cm³/mol. The molecule has 0 unspecified atom stereocenters. The highest BCUT2D eigenvalue weighted by Crippen LogP contribution is 2.42. The van der Waals surface area contributed by atoms with E-state index in [9.17, 15) is 9.59 Å². The molecule has 24 heavy (non-hydrogen) atoms. The van der Waals surface area contributed by atoms with E-state index < -0.39 is 0 Å². The molecule has 0 N–H and O–H groups in total. The van der Waals surface area contributed by atoms with Gasteiger partial charge in [0.05, 0.1) is 18.2 Å². The van der Waals surface area contributed by atoms with E-state index in [2.05, 4.69) is 4.57 Å². The van der Waals surface area contributed by atoms with Gasteiger partial charge in [-0.05, 0) is 49.9 Å². The van der Waals surface area contributed by atoms with Crippen LogP contribution in [-0.4, -0.2) is 34.5 Å². The van der Waals surface area contributed by atoms with Crippen molar-refractivity contribution in [2.24, 2.45) is 0 Å². The second kappa shape index (κ2) is 5.65. The first-order valence-corrected chi connectivity index (χ1v) is 8.71. The minimum Gasteiger partial charge on any atom is -0.462 e. The molecule has 126 valence electrons. The van der Waals surface area contributed by atoms with Crippen LogP contribution in [-0.2, 0) is 22.5 Å². The van der Waals surface area contributed by atoms with Crippen molar-refractivity contribution in [2.75, 3.05) is 13.2 Å². The van der Waals surface area contributed by atoms with Crippen LogP contribution in [0.25, 0.3) is 10.9 Å². The van der Waals surface area contributed by atoms with Crippen molar-refractivity contribution in [2.45, 2.75) is 45.7 Å². The van der Waals surface area contributed by atoms with Gasteiger partial charge in [-0.1, -0.05) is 0 Å². The van der Waals surface area contributed by atoms with Gasteiger partial charge in [-0.3, -0.25) is 4.79 Å². The van der Waals surface area contributed by atoms with Gasteiger partial charge < -0.3 is 14.2 Å². The van der Waals surface area contributed by atoms with E-state index in [0.717, 1.165) is 37.7 Å². The lowest BCUT2D eigenvalue weighted by atomic mass is 9.89. The molecule has 1 aromatic carbocycles. The van der Waals surface area contributed by atoms with Gasteiger partial charge in [-0.2, -0.15) is 0 Å². The fourth-order valence-electron chi connectivity index (χ4n) is 4.32. The van der Waals surface area contributed by atoms with Crippen molar-refractivity contribution in [3.63, 3.8) is 0 Å². The number of benzene rings is 1. The Hall–Kier alpha value is -2.30. The van der Waals surface area contributed by atoms with Gasteiger partial charge in [-0.15, -0.1) is 0 Å². The monoisotopic (exact) mass is 326 g/mol. The third-order valence-electron chi connectivity index (χ3n) is 5.29. The summed E-state index contributed by atoms with van der Waals surface area (Å²) in [6.45, 7) is 5.44. The summed E-state index contributed by atoms with van der Waals surface area (Å²) in [4.78, 5) is 26.1. The molecular weight excluding hydrogens is 304 g/mol. The number of carbonyl (C=O) groups is 2. The van der Waals surface area contributed by atoms with Crippen LogP contribution in [0.15, 0.2) is 18.2 Å². The van der Waals surface area contributed by atoms with E-state index in [-0.39, 0.29) is 17.9 Å². The molecule has 2 aromatic rings. The van der Waals surface area contributed by atoms with E-state index in [1.807, 2.05) is 30.0 Å². The Morgan fingerprint density at radius 3 is 2.88 bits per heavy atom. The number of aromatic nitrogens is 1. The molecule has 0 bridgehead atoms. The van der Waals surface area contributed by atoms with Crippen LogP contribution < -0.4 is 0 Å². The summed E-state index contributed by atoms with van der Waals surface area (Å²) >= 11 is 0. The number of rotatable bonds is 2. The fraction of sp³-hybridized carbons (Fsp3) is 0.474. The second-order valence-electron chi connectivity index (χ2n) is 6.59. The summed E-state index contributed by atoms with van der Waals surface area (Å²) in [5, 5.41) is 1.14. The lowest BCUT2D eigenvalue weighted by Gasteiger charge is -2.39. The first kappa shape index (κ1) is 15.2. The molecule has 1 aliphatic carbocycles. The van der Waals surface area contributed by atoms with Gasteiger partial charge in [0, 0.05) is 36.6 Å². The molecule has 1 aromatic heterocycles. The highest BCUT2D eigenvalue weighted by molar-refractivity contribution is 5.96. The molecule has 1 aliphatic heterocycles. The highest BCUT2D eigenvalue weighted by Gasteiger charge is 2.35. The molecule has 0 fully saturated rings. The Balaban J connectivity index is 1.88. The van der Waals surface area contributed by atoms with E-state index in [1.165, 1.54) is 16.8 Å². The van der Waals surface area contributed by atoms with Gasteiger partial charge in [-0.25, -0.2) is 4.79 Å². The SMILES string of the molecule is CCOC(=O)c1ccc2c(c1)c1c3n2CCN(C(C)=O)[C@@H]3CCC1. The molecule has 0 radical (unpaired) electrons. The smallest absolute Gasteiger partial charge is 0.338 e. The number of nitrogens with zero attached hydrogens (tertiary/aromatic N) is 2. The normalized spacial score (nSPS) is 19.2. The van der Waals surface area contributed by atoms with Gasteiger partial charge >= 0.3 is 5.97 Å². The maximum absolute atomic E-state index is 12.1. The molecule has 0 saturated carbocycles. The number of hydrogen-bond donors (Lipinski definition) is 0. The van der Waals surface area contributed by atoms with Crippen molar-refractivity contribution >= 4 is 22.8 Å². The molecule has 2 heterocycles. The van der Waals surface area contributed by atoms with Crippen molar-refractivity contribution < 1.29 is 14.3 Å². The average molecular weight is 326 g/mol. The molecule has 1 amide bonds. The number of esters is 1. The molecule has 5 heteroatoms. The minimum atomic E-state index is -0.270. The summed E-state index contributed by atoms with van der Waals surface area (Å²) in [5.74, 6) is -0.120. The summed E-state index contributed by atoms with van der Waals surface area (Å²) in [5.41, 5.74) is 4.36. The van der Waals surface area contributed by atoms with Gasteiger partial charge in [0.1, 0.15) is 0 Å². The largest absolute Gasteiger partial charge is 0.462 e. The van der Waals surface area contributed by atoms with Crippen LogP contribution in [0.3, 0.4) is 0 Å². The average Bonchev–Trinajstić information content (AvgIpc) is 2.91. The first-order valence-electron chi connectivity index (χ1n) is 8.71. The summed E-state index contributed by atoms with van der Waals surface area (Å²) in [6, 6.07) is 6.02. The third-order valence-corrected chi connectivity index (χ3v) is 5.29. The Morgan fingerprint density at radius 1 is 1.29 bits per heavy atom. The van der Waals surface area contributed by atoms with Gasteiger partial charge in [0.15, 0.2) is 0 Å². The quantitative estimate of drug-likeness (QED) is 0.797. The van der Waals surface area contributed by atoms with E-state index in [0.29, 0.717) is 12.2 Å². The Bertz CT molecular complexity index is 837. The zero-order chi connectivity index (χ0) is 16.8. The Morgan fingerprint density at radius 2 is 2.12 bits per heavy atom. The van der Waals surface area contributed by atoms with Crippen molar-refractivity contribution in [3.05, 3.63) is 35.0 Å². The lowest BCUT2D eigenvalue weighted by Crippen LogP contribution is -2.42. The first-order chi connectivity index (χ1) is 11.6. The number of carbonyl (C=O) groups excluding carboxylic acids is 2. The van der Waals surface area contributed by atoms with Crippen molar-refractivity contribution in [1.29, 1.82) is 0 Å². The van der Waals surface area contributed by atoms with Gasteiger partial charge in [0.25, 0.3) is 0 Å². The Labute approximate surface area is 141 Å². The Kier molecular flexibility index (Phi) is 3.59. The topological polar surface area (TPSA) is 51.5 Å². The van der Waals surface area contributed by atoms with Crippen LogP contribution >= 0.6 is 0 Å². The summed E-state index contributed by atoms with van der Waals surface area (Å²) in [7, 11) is 0. The zero-order valence-corrected chi connectivity index (χ0v) is 14.2. The molecule has 5 nitrogen and oxygen atoms in total. The predicted octanol–water partition coefficient (Wildman–Crippen LogP) is 3.06. The van der Waals surface area contributed by atoms with Gasteiger partial charge in [0.2, 0.25) is 5.91 Å². The molecule has 1 atom stereocenters. The number of fused-ring (bicyclic) bond motifs is 3. The summed E-state index contributed by atoms with van der Waals surface area (Å²) in [6.07, 6.45) is 3.10. The zero-order valence-electron chi connectivity index (χ0n) is 14.2. The van der Waals surface area contributed by atoms with Crippen molar-refractivity contribution in [1.82, 2.24) is 9.47 Å². The maximum atomic E-state index is 12.1. The van der Waals surface area contributed by atoms with Crippen LogP contribution in [0.2, 0.25) is 0 Å². The van der Waals surface area contributed by atoms with Crippen LogP contribution in [0.5, 0.6) is 0 Å². The van der Waals surface area contributed by atoms with Crippen LogP contribution in [0, 0.1) is 0 Å². The maximum Gasteiger partial charge on any atom is 0.338 e. The fourth-order valence-corrected chi connectivity index (χ4v) is 4.32. The van der Waals surface area contributed by atoms with E-state index in [1.54, 1.807) is 6.92 Å². The van der Waals surface area contributed by atoms with Crippen molar-refractivity contribution in [3.8, 4) is 0 Å². The highest BCUT2D eigenvalue weighted by atomic mass is 16.5. The summed E-state index contributed by atoms with van der Waals surface area (Å²) < 4.78 is 7.49.